The van der Waals surface area contributed by atoms with Crippen LogP contribution < -0.4 is 11.1 Å². The maximum Gasteiger partial charge on any atom is 0.0693 e. The molecule has 0 heterocycles. The zero-order chi connectivity index (χ0) is 9.97. The fourth-order valence-electron chi connectivity index (χ4n) is 2.78. The first-order valence-corrected chi connectivity index (χ1v) is 5.95. The van der Waals surface area contributed by atoms with Crippen molar-refractivity contribution < 1.29 is 5.11 Å². The standard InChI is InChI=1S/C11H22N2O/c12-8-5-6-9(7-8)13-10-3-1-2-4-11(10)14/h8-11,13-14H,1-7,12H2. The fourth-order valence-corrected chi connectivity index (χ4v) is 2.78. The smallest absolute Gasteiger partial charge is 0.0693 e. The third kappa shape index (κ3) is 2.47. The second-order valence-corrected chi connectivity index (χ2v) is 4.90. The number of hydrogen-bond acceptors (Lipinski definition) is 3. The lowest BCUT2D eigenvalue weighted by Gasteiger charge is -2.31. The van der Waals surface area contributed by atoms with Crippen LogP contribution in [-0.2, 0) is 0 Å². The number of aliphatic hydroxyl groups excluding tert-OH is 1. The van der Waals surface area contributed by atoms with E-state index in [2.05, 4.69) is 5.32 Å². The quantitative estimate of drug-likeness (QED) is 0.614. The summed E-state index contributed by atoms with van der Waals surface area (Å²) in [4.78, 5) is 0. The van der Waals surface area contributed by atoms with Crippen molar-refractivity contribution in [2.24, 2.45) is 5.73 Å². The van der Waals surface area contributed by atoms with E-state index < -0.39 is 0 Å². The van der Waals surface area contributed by atoms with Gasteiger partial charge < -0.3 is 16.2 Å². The molecule has 3 nitrogen and oxygen atoms in total. The highest BCUT2D eigenvalue weighted by Crippen LogP contribution is 2.23. The molecule has 3 heteroatoms. The normalized spacial score (nSPS) is 44.1. The van der Waals surface area contributed by atoms with Gasteiger partial charge >= 0.3 is 0 Å². The number of nitrogens with one attached hydrogen (secondary N) is 1. The average molecular weight is 198 g/mol. The Labute approximate surface area is 86.1 Å². The van der Waals surface area contributed by atoms with Crippen LogP contribution in [-0.4, -0.2) is 29.3 Å². The third-order valence-corrected chi connectivity index (χ3v) is 3.65. The summed E-state index contributed by atoms with van der Waals surface area (Å²) in [6, 6.07) is 1.27. The molecule has 0 bridgehead atoms. The summed E-state index contributed by atoms with van der Waals surface area (Å²) in [7, 11) is 0. The predicted molar refractivity (Wildman–Crippen MR) is 57.0 cm³/mol. The maximum atomic E-state index is 9.80. The van der Waals surface area contributed by atoms with Gasteiger partial charge in [0.1, 0.15) is 0 Å². The van der Waals surface area contributed by atoms with Crippen molar-refractivity contribution in [2.75, 3.05) is 0 Å². The lowest BCUT2D eigenvalue weighted by Crippen LogP contribution is -2.46. The molecule has 0 aromatic carbocycles. The zero-order valence-corrected chi connectivity index (χ0v) is 8.78. The summed E-state index contributed by atoms with van der Waals surface area (Å²) in [5, 5.41) is 13.4. The van der Waals surface area contributed by atoms with Gasteiger partial charge in [-0.3, -0.25) is 0 Å². The molecule has 0 aromatic heterocycles. The highest BCUT2D eigenvalue weighted by atomic mass is 16.3. The molecule has 2 aliphatic rings. The molecular weight excluding hydrogens is 176 g/mol. The largest absolute Gasteiger partial charge is 0.392 e. The minimum atomic E-state index is -0.124. The van der Waals surface area contributed by atoms with Crippen molar-refractivity contribution in [3.8, 4) is 0 Å². The van der Waals surface area contributed by atoms with Gasteiger partial charge in [-0.2, -0.15) is 0 Å². The number of nitrogens with two attached hydrogens (primary N) is 1. The van der Waals surface area contributed by atoms with Crippen LogP contribution in [0.15, 0.2) is 0 Å². The second kappa shape index (κ2) is 4.60. The Morgan fingerprint density at radius 3 is 2.50 bits per heavy atom. The molecular formula is C11H22N2O. The summed E-state index contributed by atoms with van der Waals surface area (Å²) < 4.78 is 0. The summed E-state index contributed by atoms with van der Waals surface area (Å²) in [5.41, 5.74) is 5.86. The molecule has 82 valence electrons. The van der Waals surface area contributed by atoms with E-state index in [1.165, 1.54) is 19.3 Å². The molecule has 0 radical (unpaired) electrons. The highest BCUT2D eigenvalue weighted by molar-refractivity contribution is 4.88. The van der Waals surface area contributed by atoms with Crippen LogP contribution >= 0.6 is 0 Å². The van der Waals surface area contributed by atoms with Crippen molar-refractivity contribution in [1.29, 1.82) is 0 Å². The Morgan fingerprint density at radius 2 is 1.86 bits per heavy atom. The minimum Gasteiger partial charge on any atom is -0.392 e. The van der Waals surface area contributed by atoms with E-state index in [4.69, 9.17) is 5.73 Å². The summed E-state index contributed by atoms with van der Waals surface area (Å²) in [6.45, 7) is 0. The van der Waals surface area contributed by atoms with E-state index in [-0.39, 0.29) is 6.10 Å². The first-order chi connectivity index (χ1) is 6.75. The van der Waals surface area contributed by atoms with Gasteiger partial charge in [0.05, 0.1) is 6.10 Å². The first-order valence-electron chi connectivity index (χ1n) is 5.95. The van der Waals surface area contributed by atoms with Crippen LogP contribution in [0.1, 0.15) is 44.9 Å². The molecule has 2 aliphatic carbocycles. The van der Waals surface area contributed by atoms with E-state index in [9.17, 15) is 5.11 Å². The van der Waals surface area contributed by atoms with Gasteiger partial charge in [0.15, 0.2) is 0 Å². The van der Waals surface area contributed by atoms with Crippen molar-refractivity contribution in [1.82, 2.24) is 5.32 Å². The maximum absolute atomic E-state index is 9.80. The van der Waals surface area contributed by atoms with Crippen LogP contribution in [0.3, 0.4) is 0 Å². The zero-order valence-electron chi connectivity index (χ0n) is 8.78. The summed E-state index contributed by atoms with van der Waals surface area (Å²) in [5.74, 6) is 0. The molecule has 2 rings (SSSR count). The molecule has 2 saturated carbocycles. The topological polar surface area (TPSA) is 58.3 Å². The lowest BCUT2D eigenvalue weighted by atomic mass is 9.92. The minimum absolute atomic E-state index is 0.124. The van der Waals surface area contributed by atoms with Crippen LogP contribution in [0.4, 0.5) is 0 Å². The average Bonchev–Trinajstić information content (AvgIpc) is 2.56. The molecule has 4 N–H and O–H groups in total. The van der Waals surface area contributed by atoms with Gasteiger partial charge in [0.2, 0.25) is 0 Å². The van der Waals surface area contributed by atoms with E-state index in [0.717, 1.165) is 25.7 Å². The molecule has 2 fully saturated rings. The molecule has 4 atom stereocenters. The molecule has 0 saturated heterocycles. The van der Waals surface area contributed by atoms with Gasteiger partial charge in [0, 0.05) is 18.1 Å². The molecule has 14 heavy (non-hydrogen) atoms. The summed E-state index contributed by atoms with van der Waals surface area (Å²) >= 11 is 0. The Bertz CT molecular complexity index is 186. The van der Waals surface area contributed by atoms with Crippen LogP contribution in [0.25, 0.3) is 0 Å². The SMILES string of the molecule is NC1CCC(NC2CCCCC2O)C1. The van der Waals surface area contributed by atoms with E-state index in [1.54, 1.807) is 0 Å². The van der Waals surface area contributed by atoms with Crippen molar-refractivity contribution in [3.05, 3.63) is 0 Å². The van der Waals surface area contributed by atoms with Crippen LogP contribution in [0.5, 0.6) is 0 Å². The Balaban J connectivity index is 1.78. The molecule has 0 spiro atoms. The number of rotatable bonds is 2. The lowest BCUT2D eigenvalue weighted by molar-refractivity contribution is 0.0851. The molecule has 0 aliphatic heterocycles. The Hall–Kier alpha value is -0.120. The first kappa shape index (κ1) is 10.4. The highest BCUT2D eigenvalue weighted by Gasteiger charge is 2.28. The Kier molecular flexibility index (Phi) is 3.42. The predicted octanol–water partition coefficient (Wildman–Crippen LogP) is 0.759. The molecule has 0 aromatic rings. The van der Waals surface area contributed by atoms with Crippen LogP contribution in [0.2, 0.25) is 0 Å². The van der Waals surface area contributed by atoms with E-state index in [0.29, 0.717) is 18.1 Å². The molecule has 4 unspecified atom stereocenters. The van der Waals surface area contributed by atoms with Crippen LogP contribution in [0, 0.1) is 0 Å². The van der Waals surface area contributed by atoms with Gasteiger partial charge in [-0.1, -0.05) is 12.8 Å². The monoisotopic (exact) mass is 198 g/mol. The number of hydrogen-bond donors (Lipinski definition) is 3. The van der Waals surface area contributed by atoms with Gasteiger partial charge in [0.25, 0.3) is 0 Å². The van der Waals surface area contributed by atoms with Gasteiger partial charge in [-0.25, -0.2) is 0 Å². The van der Waals surface area contributed by atoms with E-state index >= 15 is 0 Å². The fraction of sp³-hybridized carbons (Fsp3) is 1.00. The van der Waals surface area contributed by atoms with Crippen molar-refractivity contribution in [2.45, 2.75) is 69.2 Å². The third-order valence-electron chi connectivity index (χ3n) is 3.65. The summed E-state index contributed by atoms with van der Waals surface area (Å²) in [6.07, 6.45) is 7.83. The van der Waals surface area contributed by atoms with Gasteiger partial charge in [-0.05, 0) is 32.1 Å². The Morgan fingerprint density at radius 1 is 1.07 bits per heavy atom. The van der Waals surface area contributed by atoms with Crippen molar-refractivity contribution in [3.63, 3.8) is 0 Å². The second-order valence-electron chi connectivity index (χ2n) is 4.90. The van der Waals surface area contributed by atoms with E-state index in [1.807, 2.05) is 0 Å². The van der Waals surface area contributed by atoms with Gasteiger partial charge in [-0.15, -0.1) is 0 Å². The number of aliphatic hydroxyl groups is 1. The van der Waals surface area contributed by atoms with Crippen molar-refractivity contribution >= 4 is 0 Å². The molecule has 0 amide bonds.